The molecule has 1 fully saturated rings. The highest BCUT2D eigenvalue weighted by atomic mass is 32.1. The average Bonchev–Trinajstić information content (AvgIpc) is 3.19. The first-order valence-corrected chi connectivity index (χ1v) is 10.2. The minimum Gasteiger partial charge on any atom is -0.466 e. The Labute approximate surface area is 164 Å². The van der Waals surface area contributed by atoms with E-state index >= 15 is 0 Å². The molecule has 6 nitrogen and oxygen atoms in total. The Morgan fingerprint density at radius 1 is 1.33 bits per heavy atom. The van der Waals surface area contributed by atoms with Gasteiger partial charge in [-0.3, -0.25) is 9.79 Å². The molecule has 2 heterocycles. The van der Waals surface area contributed by atoms with Crippen molar-refractivity contribution in [2.75, 3.05) is 26.7 Å². The van der Waals surface area contributed by atoms with Crippen LogP contribution < -0.4 is 5.32 Å². The van der Waals surface area contributed by atoms with Crippen LogP contribution in [0, 0.1) is 5.92 Å². The number of piperidine rings is 1. The first-order chi connectivity index (χ1) is 13.2. The molecule has 1 aromatic carbocycles. The van der Waals surface area contributed by atoms with Gasteiger partial charge in [-0.15, -0.1) is 11.3 Å². The highest BCUT2D eigenvalue weighted by molar-refractivity contribution is 7.09. The predicted molar refractivity (Wildman–Crippen MR) is 109 cm³/mol. The van der Waals surface area contributed by atoms with Gasteiger partial charge < -0.3 is 15.0 Å². The summed E-state index contributed by atoms with van der Waals surface area (Å²) in [7, 11) is 1.79. The molecule has 0 saturated carbocycles. The second-order valence-electron chi connectivity index (χ2n) is 6.41. The lowest BCUT2D eigenvalue weighted by atomic mass is 9.97. The third-order valence-electron chi connectivity index (χ3n) is 4.65. The van der Waals surface area contributed by atoms with Gasteiger partial charge in [-0.05, 0) is 19.8 Å². The number of esters is 1. The lowest BCUT2D eigenvalue weighted by molar-refractivity contribution is -0.149. The van der Waals surface area contributed by atoms with Crippen LogP contribution in [0.4, 0.5) is 0 Å². The third-order valence-corrected chi connectivity index (χ3v) is 5.49. The van der Waals surface area contributed by atoms with E-state index in [1.165, 1.54) is 0 Å². The molecule has 1 aliphatic rings. The number of aromatic nitrogens is 1. The number of rotatable bonds is 5. The molecule has 7 heteroatoms. The molecule has 27 heavy (non-hydrogen) atoms. The maximum atomic E-state index is 11.9. The summed E-state index contributed by atoms with van der Waals surface area (Å²) in [5.41, 5.74) is 2.13. The Bertz CT molecular complexity index is 767. The molecular formula is C20H26N4O2S. The summed E-state index contributed by atoms with van der Waals surface area (Å²) in [6.45, 7) is 4.54. The van der Waals surface area contributed by atoms with Crippen molar-refractivity contribution in [2.45, 2.75) is 26.3 Å². The van der Waals surface area contributed by atoms with Crippen LogP contribution in [0.15, 0.2) is 40.7 Å². The van der Waals surface area contributed by atoms with E-state index in [1.54, 1.807) is 18.4 Å². The van der Waals surface area contributed by atoms with Crippen LogP contribution >= 0.6 is 11.3 Å². The van der Waals surface area contributed by atoms with Gasteiger partial charge >= 0.3 is 5.97 Å². The van der Waals surface area contributed by atoms with Crippen molar-refractivity contribution in [1.82, 2.24) is 15.2 Å². The lowest BCUT2D eigenvalue weighted by Gasteiger charge is -2.33. The van der Waals surface area contributed by atoms with Crippen molar-refractivity contribution in [3.8, 4) is 11.3 Å². The van der Waals surface area contributed by atoms with Gasteiger partial charge in [0, 0.05) is 31.1 Å². The van der Waals surface area contributed by atoms with Crippen molar-refractivity contribution in [1.29, 1.82) is 0 Å². The number of carbonyl (C=O) groups is 1. The zero-order valence-corrected chi connectivity index (χ0v) is 16.7. The Balaban J connectivity index is 1.52. The molecule has 0 atom stereocenters. The second-order valence-corrected chi connectivity index (χ2v) is 7.35. The molecule has 0 amide bonds. The number of hydrogen-bond acceptors (Lipinski definition) is 5. The first kappa shape index (κ1) is 19.4. The SMILES string of the molecule is CCOC(=O)C1CCN(C(=NC)NCc2nc(-c3ccccc3)cs2)CC1. The maximum absolute atomic E-state index is 11.9. The van der Waals surface area contributed by atoms with E-state index in [2.05, 4.69) is 32.7 Å². The Kier molecular flexibility index (Phi) is 6.81. The van der Waals surface area contributed by atoms with Gasteiger partial charge in [0.05, 0.1) is 24.8 Å². The molecular weight excluding hydrogens is 360 g/mol. The summed E-state index contributed by atoms with van der Waals surface area (Å²) in [5.74, 6) is 0.789. The maximum Gasteiger partial charge on any atom is 0.309 e. The number of guanidine groups is 1. The van der Waals surface area contributed by atoms with E-state index < -0.39 is 0 Å². The molecule has 2 aromatic rings. The van der Waals surface area contributed by atoms with E-state index in [0.717, 1.165) is 48.2 Å². The van der Waals surface area contributed by atoms with Crippen LogP contribution in [0.1, 0.15) is 24.8 Å². The van der Waals surface area contributed by atoms with E-state index in [-0.39, 0.29) is 11.9 Å². The number of nitrogens with one attached hydrogen (secondary N) is 1. The van der Waals surface area contributed by atoms with Crippen molar-refractivity contribution in [3.63, 3.8) is 0 Å². The van der Waals surface area contributed by atoms with E-state index in [4.69, 9.17) is 9.72 Å². The monoisotopic (exact) mass is 386 g/mol. The summed E-state index contributed by atoms with van der Waals surface area (Å²) in [6.07, 6.45) is 1.60. The van der Waals surface area contributed by atoms with Gasteiger partial charge in [0.2, 0.25) is 0 Å². The van der Waals surface area contributed by atoms with Crippen molar-refractivity contribution in [3.05, 3.63) is 40.7 Å². The van der Waals surface area contributed by atoms with Crippen LogP contribution in [0.5, 0.6) is 0 Å². The number of hydrogen-bond donors (Lipinski definition) is 1. The zero-order valence-electron chi connectivity index (χ0n) is 15.9. The summed E-state index contributed by atoms with van der Waals surface area (Å²) >= 11 is 1.64. The largest absolute Gasteiger partial charge is 0.466 e. The minimum absolute atomic E-state index is 0.00620. The summed E-state index contributed by atoms with van der Waals surface area (Å²) in [6, 6.07) is 10.2. The fourth-order valence-electron chi connectivity index (χ4n) is 3.21. The first-order valence-electron chi connectivity index (χ1n) is 9.33. The molecule has 3 rings (SSSR count). The van der Waals surface area contributed by atoms with Gasteiger partial charge in [-0.2, -0.15) is 0 Å². The van der Waals surface area contributed by atoms with Gasteiger partial charge in [-0.25, -0.2) is 4.98 Å². The molecule has 0 spiro atoms. The van der Waals surface area contributed by atoms with Crippen molar-refractivity contribution in [2.24, 2.45) is 10.9 Å². The molecule has 0 unspecified atom stereocenters. The van der Waals surface area contributed by atoms with Gasteiger partial charge in [0.15, 0.2) is 5.96 Å². The third kappa shape index (κ3) is 5.07. The smallest absolute Gasteiger partial charge is 0.309 e. The van der Waals surface area contributed by atoms with Gasteiger partial charge in [0.1, 0.15) is 5.01 Å². The molecule has 144 valence electrons. The molecule has 1 saturated heterocycles. The fourth-order valence-corrected chi connectivity index (χ4v) is 3.95. The number of benzene rings is 1. The Morgan fingerprint density at radius 3 is 2.74 bits per heavy atom. The minimum atomic E-state index is -0.0728. The van der Waals surface area contributed by atoms with Crippen molar-refractivity contribution >= 4 is 23.3 Å². The molecule has 0 radical (unpaired) electrons. The van der Waals surface area contributed by atoms with Gasteiger partial charge in [0.25, 0.3) is 0 Å². The molecule has 1 N–H and O–H groups in total. The number of thiazole rings is 1. The van der Waals surface area contributed by atoms with Crippen LogP contribution in [0.25, 0.3) is 11.3 Å². The lowest BCUT2D eigenvalue weighted by Crippen LogP contribution is -2.46. The molecule has 1 aromatic heterocycles. The Morgan fingerprint density at radius 2 is 2.07 bits per heavy atom. The van der Waals surface area contributed by atoms with Crippen LogP contribution in [0.3, 0.4) is 0 Å². The van der Waals surface area contributed by atoms with Crippen LogP contribution in [0.2, 0.25) is 0 Å². The number of likely N-dealkylation sites (tertiary alicyclic amines) is 1. The Hall–Kier alpha value is -2.41. The van der Waals surface area contributed by atoms with E-state index in [1.807, 2.05) is 25.1 Å². The summed E-state index contributed by atoms with van der Waals surface area (Å²) < 4.78 is 5.14. The molecule has 0 bridgehead atoms. The topological polar surface area (TPSA) is 66.8 Å². The number of nitrogens with zero attached hydrogens (tertiary/aromatic N) is 3. The zero-order chi connectivity index (χ0) is 19.1. The molecule has 1 aliphatic heterocycles. The number of aliphatic imine (C=N–C) groups is 1. The highest BCUT2D eigenvalue weighted by Gasteiger charge is 2.27. The number of ether oxygens (including phenoxy) is 1. The summed E-state index contributed by atoms with van der Waals surface area (Å²) in [4.78, 5) is 23.2. The quantitative estimate of drug-likeness (QED) is 0.486. The standard InChI is InChI=1S/C20H26N4O2S/c1-3-26-19(25)16-9-11-24(12-10-16)20(21-2)22-13-18-23-17(14-27-18)15-7-5-4-6-8-15/h4-8,14,16H,3,9-13H2,1-2H3,(H,21,22). The van der Waals surface area contributed by atoms with E-state index in [0.29, 0.717) is 13.2 Å². The highest BCUT2D eigenvalue weighted by Crippen LogP contribution is 2.22. The normalized spacial score (nSPS) is 15.6. The number of carbonyl (C=O) groups excluding carboxylic acids is 1. The van der Waals surface area contributed by atoms with Gasteiger partial charge in [-0.1, -0.05) is 30.3 Å². The predicted octanol–water partition coefficient (Wildman–Crippen LogP) is 3.16. The van der Waals surface area contributed by atoms with Crippen LogP contribution in [-0.2, 0) is 16.1 Å². The molecule has 0 aliphatic carbocycles. The second kappa shape index (κ2) is 9.50. The van der Waals surface area contributed by atoms with E-state index in [9.17, 15) is 4.79 Å². The average molecular weight is 387 g/mol. The summed E-state index contributed by atoms with van der Waals surface area (Å²) in [5, 5.41) is 6.50. The van der Waals surface area contributed by atoms with Crippen LogP contribution in [-0.4, -0.2) is 48.6 Å². The van der Waals surface area contributed by atoms with Crippen molar-refractivity contribution < 1.29 is 9.53 Å². The fraction of sp³-hybridized carbons (Fsp3) is 0.450.